The Morgan fingerprint density at radius 2 is 0.765 bits per heavy atom. The van der Waals surface area contributed by atoms with Crippen LogP contribution >= 0.6 is 41.2 Å². The van der Waals surface area contributed by atoms with Gasteiger partial charge in [0.2, 0.25) is 16.6 Å². The first-order chi connectivity index (χ1) is 15.4. The molecule has 2 unspecified atom stereocenters. The van der Waals surface area contributed by atoms with Crippen molar-refractivity contribution in [1.82, 2.24) is 0 Å². The molecule has 0 aromatic rings. The summed E-state index contributed by atoms with van der Waals surface area (Å²) < 4.78 is 25.5. The molecule has 206 valence electrons. The molecule has 0 aromatic carbocycles. The van der Waals surface area contributed by atoms with Crippen molar-refractivity contribution < 1.29 is 17.7 Å². The first kappa shape index (κ1) is 36.1. The van der Waals surface area contributed by atoms with Crippen molar-refractivity contribution in [2.24, 2.45) is 0 Å². The van der Waals surface area contributed by atoms with Crippen LogP contribution in [-0.2, 0) is 17.7 Å². The van der Waals surface area contributed by atoms with Gasteiger partial charge in [-0.1, -0.05) is 35.4 Å². The van der Waals surface area contributed by atoms with Crippen LogP contribution in [0.25, 0.3) is 0 Å². The smallest absolute Gasteiger partial charge is 0.202 e. The maximum absolute atomic E-state index is 6.43. The Morgan fingerprint density at radius 3 is 1.00 bits per heavy atom. The summed E-state index contributed by atoms with van der Waals surface area (Å²) in [5, 5.41) is 0. The van der Waals surface area contributed by atoms with Crippen LogP contribution in [0.15, 0.2) is 0 Å². The van der Waals surface area contributed by atoms with E-state index in [1.807, 2.05) is 41.2 Å². The van der Waals surface area contributed by atoms with E-state index in [0.29, 0.717) is 0 Å². The zero-order valence-corrected chi connectivity index (χ0v) is 31.8. The molecule has 0 radical (unpaired) electrons. The summed E-state index contributed by atoms with van der Waals surface area (Å²) >= 11 is 0. The zero-order chi connectivity index (χ0) is 26.9. The predicted molar refractivity (Wildman–Crippen MR) is 173 cm³/mol. The third kappa shape index (κ3) is 11.5. The molecule has 0 rings (SSSR count). The maximum atomic E-state index is 6.43. The van der Waals surface area contributed by atoms with E-state index < -0.39 is 33.3 Å². The zero-order valence-electron chi connectivity index (χ0n) is 24.5. The van der Waals surface area contributed by atoms with Crippen molar-refractivity contribution in [1.29, 1.82) is 0 Å². The van der Waals surface area contributed by atoms with Crippen LogP contribution in [-0.4, -0.2) is 68.4 Å². The van der Waals surface area contributed by atoms with Gasteiger partial charge in [-0.3, -0.25) is 0 Å². The second-order valence-corrected chi connectivity index (χ2v) is 35.9. The van der Waals surface area contributed by atoms with Gasteiger partial charge in [0.1, 0.15) is 0 Å². The van der Waals surface area contributed by atoms with Crippen molar-refractivity contribution in [3.05, 3.63) is 0 Å². The highest BCUT2D eigenvalue weighted by Gasteiger charge is 2.51. The van der Waals surface area contributed by atoms with Crippen LogP contribution in [0.3, 0.4) is 0 Å². The standard InChI is InChI=1S/C22H54O4S4Si4/c1-15-23-31(7,8)19-21(5,33(11,12)25-17-3)27-29-30-28-22(6,34(13,14)26-18-4)20-32(9,10)24-16-2/h15-20H2,1-14H3. The fraction of sp³-hybridized carbons (Fsp3) is 1.00. The lowest BCUT2D eigenvalue weighted by atomic mass is 10.5. The molecule has 2 atom stereocenters. The molecule has 4 nitrogen and oxygen atoms in total. The molecule has 0 saturated heterocycles. The molecule has 0 spiro atoms. The van der Waals surface area contributed by atoms with Gasteiger partial charge in [0.15, 0.2) is 16.6 Å². The molecule has 0 saturated carbocycles. The topological polar surface area (TPSA) is 36.9 Å². The molecule has 0 aliphatic rings. The fourth-order valence-electron chi connectivity index (χ4n) is 4.40. The minimum absolute atomic E-state index is 0.0781. The molecule has 12 heteroatoms. The molecule has 0 bridgehead atoms. The maximum Gasteiger partial charge on any atom is 0.202 e. The van der Waals surface area contributed by atoms with Gasteiger partial charge in [0, 0.05) is 35.2 Å². The second kappa shape index (κ2) is 15.0. The van der Waals surface area contributed by atoms with Gasteiger partial charge in [-0.2, -0.15) is 0 Å². The minimum Gasteiger partial charge on any atom is -0.418 e. The van der Waals surface area contributed by atoms with E-state index in [9.17, 15) is 0 Å². The Hall–Kier alpha value is 2.11. The van der Waals surface area contributed by atoms with E-state index >= 15 is 0 Å². The van der Waals surface area contributed by atoms with Gasteiger partial charge in [0.05, 0.1) is 0 Å². The van der Waals surface area contributed by atoms with E-state index in [1.54, 1.807) is 0 Å². The summed E-state index contributed by atoms with van der Waals surface area (Å²) in [6.45, 7) is 35.4. The Kier molecular flexibility index (Phi) is 16.0. The Bertz CT molecular complexity index is 549. The van der Waals surface area contributed by atoms with Gasteiger partial charge in [-0.15, -0.1) is 0 Å². The summed E-state index contributed by atoms with van der Waals surface area (Å²) in [5.74, 6) is 0. The molecular weight excluding hydrogens is 569 g/mol. The van der Waals surface area contributed by atoms with E-state index in [4.69, 9.17) is 17.7 Å². The van der Waals surface area contributed by atoms with Gasteiger partial charge in [0.25, 0.3) is 0 Å². The molecule has 0 aliphatic heterocycles. The van der Waals surface area contributed by atoms with Crippen LogP contribution in [0.1, 0.15) is 41.5 Å². The van der Waals surface area contributed by atoms with Crippen molar-refractivity contribution in [3.8, 4) is 0 Å². The lowest BCUT2D eigenvalue weighted by Crippen LogP contribution is -2.56. The summed E-state index contributed by atoms with van der Waals surface area (Å²) in [5.41, 5.74) is 0. The van der Waals surface area contributed by atoms with Crippen LogP contribution in [0, 0.1) is 0 Å². The summed E-state index contributed by atoms with van der Waals surface area (Å²) in [4.78, 5) is 0. The molecule has 34 heavy (non-hydrogen) atoms. The third-order valence-electron chi connectivity index (χ3n) is 6.62. The van der Waals surface area contributed by atoms with E-state index in [1.165, 1.54) is 0 Å². The first-order valence-electron chi connectivity index (χ1n) is 12.6. The van der Waals surface area contributed by atoms with Crippen molar-refractivity contribution in [2.75, 3.05) is 26.4 Å². The van der Waals surface area contributed by atoms with Crippen LogP contribution in [0.5, 0.6) is 0 Å². The van der Waals surface area contributed by atoms with E-state index in [0.717, 1.165) is 38.5 Å². The Morgan fingerprint density at radius 1 is 0.500 bits per heavy atom. The summed E-state index contributed by atoms with van der Waals surface area (Å²) in [6, 6.07) is 2.22. The predicted octanol–water partition coefficient (Wildman–Crippen LogP) is 9.23. The SMILES string of the molecule is CCO[Si](C)(C)CC(C)(SSSSC(C)(C[Si](C)(C)OCC)[Si](C)(C)OCC)[Si](C)(C)OCC. The highest BCUT2D eigenvalue weighted by atomic mass is 33.7. The van der Waals surface area contributed by atoms with Gasteiger partial charge >= 0.3 is 0 Å². The molecule has 0 heterocycles. The van der Waals surface area contributed by atoms with E-state index in [-0.39, 0.29) is 8.74 Å². The molecule has 0 N–H and O–H groups in total. The van der Waals surface area contributed by atoms with Gasteiger partial charge in [-0.05, 0) is 112 Å². The molecule has 0 amide bonds. The lowest BCUT2D eigenvalue weighted by molar-refractivity contribution is 0.310. The monoisotopic (exact) mass is 622 g/mol. The quantitative estimate of drug-likeness (QED) is 0.0801. The number of hydrogen-bond donors (Lipinski definition) is 0. The molecule has 0 fully saturated rings. The van der Waals surface area contributed by atoms with Crippen molar-refractivity contribution in [2.45, 2.75) is 115 Å². The normalized spacial score (nSPS) is 17.5. The summed E-state index contributed by atoms with van der Waals surface area (Å²) in [6.07, 6.45) is 0. The number of rotatable bonds is 19. The lowest BCUT2D eigenvalue weighted by Gasteiger charge is -2.45. The molecular formula is C22H54O4S4Si4. The molecule has 0 aliphatic carbocycles. The van der Waals surface area contributed by atoms with Crippen LogP contribution in [0.2, 0.25) is 64.5 Å². The largest absolute Gasteiger partial charge is 0.418 e. The Balaban J connectivity index is 5.63. The first-order valence-corrected chi connectivity index (χ1v) is 29.5. The van der Waals surface area contributed by atoms with Crippen molar-refractivity contribution >= 4 is 74.5 Å². The van der Waals surface area contributed by atoms with Crippen LogP contribution < -0.4 is 0 Å². The minimum atomic E-state index is -1.94. The van der Waals surface area contributed by atoms with Gasteiger partial charge < -0.3 is 17.7 Å². The second-order valence-electron chi connectivity index (χ2n) is 11.4. The average molecular weight is 623 g/mol. The van der Waals surface area contributed by atoms with Crippen LogP contribution in [0.4, 0.5) is 0 Å². The number of hydrogen-bond acceptors (Lipinski definition) is 8. The highest BCUT2D eigenvalue weighted by Crippen LogP contribution is 2.59. The van der Waals surface area contributed by atoms with E-state index in [2.05, 4.69) is 93.9 Å². The fourth-order valence-corrected chi connectivity index (χ4v) is 34.6. The van der Waals surface area contributed by atoms with Crippen molar-refractivity contribution in [3.63, 3.8) is 0 Å². The average Bonchev–Trinajstić information content (AvgIpc) is 2.64. The third-order valence-corrected chi connectivity index (χ3v) is 32.2. The van der Waals surface area contributed by atoms with Gasteiger partial charge in [-0.25, -0.2) is 0 Å². The highest BCUT2D eigenvalue weighted by molar-refractivity contribution is 9.26. The molecule has 0 aromatic heterocycles. The summed E-state index contributed by atoms with van der Waals surface area (Å²) in [7, 11) is 0.464. The Labute approximate surface area is 232 Å².